The van der Waals surface area contributed by atoms with E-state index in [1.807, 2.05) is 0 Å². The highest BCUT2D eigenvalue weighted by atomic mass is 28.3. The fraction of sp³-hybridized carbons (Fsp3) is 1.00. The molecule has 0 N–H and O–H groups in total. The Morgan fingerprint density at radius 2 is 1.56 bits per heavy atom. The van der Waals surface area contributed by atoms with Gasteiger partial charge in [-0.15, -0.1) is 0 Å². The SMILES string of the molecule is C1OC1[SiH2]O[SiH2]C1CO1. The second kappa shape index (κ2) is 2.51. The van der Waals surface area contributed by atoms with Crippen molar-refractivity contribution in [1.82, 2.24) is 0 Å². The lowest BCUT2D eigenvalue weighted by molar-refractivity contribution is 0.428. The molecule has 2 saturated heterocycles. The Morgan fingerprint density at radius 3 is 1.89 bits per heavy atom. The monoisotopic (exact) mass is 162 g/mol. The molecule has 0 aliphatic carbocycles. The Morgan fingerprint density at radius 1 is 1.11 bits per heavy atom. The molecular formula is C4H10O3Si2. The van der Waals surface area contributed by atoms with E-state index in [9.17, 15) is 0 Å². The largest absolute Gasteiger partial charge is 0.461 e. The molecule has 0 bridgehead atoms. The van der Waals surface area contributed by atoms with Gasteiger partial charge in [-0.1, -0.05) is 0 Å². The van der Waals surface area contributed by atoms with Crippen molar-refractivity contribution in [3.8, 4) is 0 Å². The Hall–Kier alpha value is 0.314. The van der Waals surface area contributed by atoms with Gasteiger partial charge in [-0.25, -0.2) is 0 Å². The first-order valence-corrected chi connectivity index (χ1v) is 6.05. The first kappa shape index (κ1) is 6.05. The van der Waals surface area contributed by atoms with Crippen LogP contribution >= 0.6 is 0 Å². The number of rotatable bonds is 4. The average molecular weight is 162 g/mol. The summed E-state index contributed by atoms with van der Waals surface area (Å²) in [6.07, 6.45) is 0. The van der Waals surface area contributed by atoms with Gasteiger partial charge in [0.2, 0.25) is 0 Å². The van der Waals surface area contributed by atoms with E-state index in [1.165, 1.54) is 0 Å². The second-order valence-electron chi connectivity index (χ2n) is 2.45. The second-order valence-corrected chi connectivity index (χ2v) is 6.57. The minimum absolute atomic E-state index is 0.286. The smallest absolute Gasteiger partial charge is 0.178 e. The molecule has 0 saturated carbocycles. The first-order valence-electron chi connectivity index (χ1n) is 3.26. The summed E-state index contributed by atoms with van der Waals surface area (Å²) in [6, 6.07) is 0. The lowest BCUT2D eigenvalue weighted by Gasteiger charge is -1.94. The summed E-state index contributed by atoms with van der Waals surface area (Å²) in [5.74, 6) is 0. The normalized spacial score (nSPS) is 41.3. The number of hydrogen-bond acceptors (Lipinski definition) is 3. The van der Waals surface area contributed by atoms with Crippen LogP contribution in [-0.2, 0) is 13.6 Å². The molecule has 2 rings (SSSR count). The average Bonchev–Trinajstić information content (AvgIpc) is 2.57. The van der Waals surface area contributed by atoms with Crippen molar-refractivity contribution in [1.29, 1.82) is 0 Å². The van der Waals surface area contributed by atoms with E-state index in [0.717, 1.165) is 13.2 Å². The third-order valence-corrected chi connectivity index (χ3v) is 4.98. The predicted molar refractivity (Wildman–Crippen MR) is 37.7 cm³/mol. The highest BCUT2D eigenvalue weighted by Crippen LogP contribution is 2.09. The molecule has 2 fully saturated rings. The third kappa shape index (κ3) is 2.19. The molecule has 2 aliphatic rings. The molecule has 5 heteroatoms. The zero-order valence-electron chi connectivity index (χ0n) is 5.21. The van der Waals surface area contributed by atoms with Gasteiger partial charge in [0.15, 0.2) is 19.5 Å². The summed E-state index contributed by atoms with van der Waals surface area (Å²) in [6.45, 7) is 1.93. The predicted octanol–water partition coefficient (Wildman–Crippen LogP) is -2.12. The molecule has 2 unspecified atom stereocenters. The van der Waals surface area contributed by atoms with Crippen LogP contribution in [0, 0.1) is 0 Å². The van der Waals surface area contributed by atoms with Crippen molar-refractivity contribution < 1.29 is 13.6 Å². The van der Waals surface area contributed by atoms with Crippen LogP contribution in [0.2, 0.25) is 0 Å². The van der Waals surface area contributed by atoms with E-state index in [0.29, 0.717) is 11.5 Å². The van der Waals surface area contributed by atoms with Crippen molar-refractivity contribution in [2.75, 3.05) is 13.2 Å². The topological polar surface area (TPSA) is 34.3 Å². The quantitative estimate of drug-likeness (QED) is 0.350. The van der Waals surface area contributed by atoms with E-state index >= 15 is 0 Å². The van der Waals surface area contributed by atoms with E-state index in [2.05, 4.69) is 0 Å². The summed E-state index contributed by atoms with van der Waals surface area (Å²) in [7, 11) is -0.572. The van der Waals surface area contributed by atoms with Gasteiger partial charge in [-0.05, 0) is 0 Å². The van der Waals surface area contributed by atoms with Gasteiger partial charge >= 0.3 is 0 Å². The Bertz CT molecular complexity index is 90.0. The lowest BCUT2D eigenvalue weighted by Crippen LogP contribution is -2.14. The third-order valence-electron chi connectivity index (χ3n) is 1.41. The molecule has 2 heterocycles. The fourth-order valence-electron chi connectivity index (χ4n) is 0.659. The van der Waals surface area contributed by atoms with Gasteiger partial charge in [0.05, 0.1) is 24.7 Å². The van der Waals surface area contributed by atoms with Crippen LogP contribution in [0.15, 0.2) is 0 Å². The van der Waals surface area contributed by atoms with Gasteiger partial charge < -0.3 is 13.6 Å². The number of epoxide rings is 2. The summed E-state index contributed by atoms with van der Waals surface area (Å²) >= 11 is 0. The molecule has 0 spiro atoms. The standard InChI is InChI=1S/C4H10O3Si2/c1-3(5-1)8-7-9-4-2-6-4/h3-4H,1-2,8-9H2. The Kier molecular flexibility index (Phi) is 1.69. The maximum Gasteiger partial charge on any atom is 0.178 e. The summed E-state index contributed by atoms with van der Waals surface area (Å²) in [5, 5.41) is 0. The molecule has 2 atom stereocenters. The van der Waals surface area contributed by atoms with Crippen molar-refractivity contribution >= 4 is 19.5 Å². The molecule has 3 nitrogen and oxygen atoms in total. The van der Waals surface area contributed by atoms with Gasteiger partial charge in [-0.3, -0.25) is 0 Å². The minimum Gasteiger partial charge on any atom is -0.461 e. The zero-order valence-corrected chi connectivity index (χ0v) is 8.04. The molecule has 9 heavy (non-hydrogen) atoms. The van der Waals surface area contributed by atoms with Crippen LogP contribution in [0.25, 0.3) is 0 Å². The van der Waals surface area contributed by atoms with E-state index in [-0.39, 0.29) is 19.5 Å². The molecule has 0 amide bonds. The number of ether oxygens (including phenoxy) is 2. The van der Waals surface area contributed by atoms with Crippen molar-refractivity contribution in [2.24, 2.45) is 0 Å². The summed E-state index contributed by atoms with van der Waals surface area (Å²) in [4.78, 5) is 0. The maximum atomic E-state index is 5.51. The van der Waals surface area contributed by atoms with Gasteiger partial charge in [0, 0.05) is 0 Å². The van der Waals surface area contributed by atoms with Crippen LogP contribution in [0.3, 0.4) is 0 Å². The van der Waals surface area contributed by atoms with E-state index in [4.69, 9.17) is 13.6 Å². The summed E-state index contributed by atoms with van der Waals surface area (Å²) in [5.41, 5.74) is 1.13. The number of hydrogen-bond donors (Lipinski definition) is 0. The molecular weight excluding hydrogens is 152 g/mol. The Balaban J connectivity index is 1.46. The van der Waals surface area contributed by atoms with Crippen LogP contribution in [-0.4, -0.2) is 44.2 Å². The van der Waals surface area contributed by atoms with E-state index in [1.54, 1.807) is 0 Å². The molecule has 52 valence electrons. The first-order chi connectivity index (χ1) is 4.45. The highest BCUT2D eigenvalue weighted by molar-refractivity contribution is 6.45. The zero-order chi connectivity index (χ0) is 6.10. The lowest BCUT2D eigenvalue weighted by atomic mass is 11.0. The van der Waals surface area contributed by atoms with Crippen LogP contribution < -0.4 is 0 Å². The van der Waals surface area contributed by atoms with Crippen molar-refractivity contribution in [3.63, 3.8) is 0 Å². The maximum absolute atomic E-state index is 5.51. The van der Waals surface area contributed by atoms with Gasteiger partial charge in [0.25, 0.3) is 0 Å². The van der Waals surface area contributed by atoms with Crippen LogP contribution in [0.5, 0.6) is 0 Å². The summed E-state index contributed by atoms with van der Waals surface area (Å²) < 4.78 is 15.6. The van der Waals surface area contributed by atoms with Crippen LogP contribution in [0.1, 0.15) is 0 Å². The van der Waals surface area contributed by atoms with Gasteiger partial charge in [0.1, 0.15) is 0 Å². The molecule has 0 aromatic heterocycles. The fourth-order valence-corrected chi connectivity index (χ4v) is 3.96. The van der Waals surface area contributed by atoms with Crippen molar-refractivity contribution in [3.05, 3.63) is 0 Å². The minimum atomic E-state index is -0.286. The van der Waals surface area contributed by atoms with Gasteiger partial charge in [-0.2, -0.15) is 0 Å². The molecule has 0 radical (unpaired) electrons. The molecule has 0 aromatic carbocycles. The van der Waals surface area contributed by atoms with Crippen LogP contribution in [0.4, 0.5) is 0 Å². The van der Waals surface area contributed by atoms with E-state index < -0.39 is 0 Å². The van der Waals surface area contributed by atoms with Crippen molar-refractivity contribution in [2.45, 2.75) is 11.5 Å². The molecule has 0 aromatic rings. The highest BCUT2D eigenvalue weighted by Gasteiger charge is 2.27. The Labute approximate surface area is 58.6 Å². The molecule has 2 aliphatic heterocycles.